The van der Waals surface area contributed by atoms with E-state index in [9.17, 15) is 4.39 Å². The molecule has 0 aliphatic rings. The molecule has 6 heteroatoms. The molecule has 0 spiro atoms. The van der Waals surface area contributed by atoms with Crippen molar-refractivity contribution in [2.75, 3.05) is 0 Å². The van der Waals surface area contributed by atoms with Gasteiger partial charge in [-0.1, -0.05) is 48.5 Å². The highest BCUT2D eigenvalue weighted by Gasteiger charge is 2.13. The first-order valence-electron chi connectivity index (χ1n) is 7.09. The molecule has 2 aromatic carbocycles. The van der Waals surface area contributed by atoms with Crippen molar-refractivity contribution in [1.82, 2.24) is 4.98 Å². The van der Waals surface area contributed by atoms with Gasteiger partial charge in [0, 0.05) is 26.9 Å². The van der Waals surface area contributed by atoms with E-state index in [0.717, 1.165) is 0 Å². The molecule has 0 saturated heterocycles. The molecule has 0 aliphatic heterocycles. The minimum Gasteiger partial charge on any atom is -0.370 e. The van der Waals surface area contributed by atoms with Crippen molar-refractivity contribution < 1.29 is 4.39 Å². The van der Waals surface area contributed by atoms with Crippen LogP contribution < -0.4 is 11.5 Å². The Labute approximate surface area is 143 Å². The molecule has 4 nitrogen and oxygen atoms in total. The van der Waals surface area contributed by atoms with Crippen LogP contribution in [0, 0.1) is 5.82 Å². The summed E-state index contributed by atoms with van der Waals surface area (Å²) in [5, 5.41) is 1.57. The lowest BCUT2D eigenvalue weighted by atomic mass is 10.0. The molecule has 0 aliphatic carbocycles. The molecular formula is C18H14ClFN4. The van der Waals surface area contributed by atoms with Gasteiger partial charge in [-0.3, -0.25) is 4.98 Å². The molecule has 3 aromatic rings. The first kappa shape index (κ1) is 16.0. The maximum atomic E-state index is 14.1. The van der Waals surface area contributed by atoms with Gasteiger partial charge >= 0.3 is 0 Å². The van der Waals surface area contributed by atoms with Gasteiger partial charge in [0.1, 0.15) is 5.82 Å². The van der Waals surface area contributed by atoms with Crippen LogP contribution in [0.15, 0.2) is 60.2 Å². The number of nitrogens with zero attached hydrogens (tertiary/aromatic N) is 2. The molecule has 120 valence electrons. The van der Waals surface area contributed by atoms with Gasteiger partial charge in [-0.25, -0.2) is 9.38 Å². The fourth-order valence-corrected chi connectivity index (χ4v) is 2.70. The number of nitrogens with two attached hydrogens (primary N) is 2. The molecule has 0 fully saturated rings. The third kappa shape index (κ3) is 2.94. The first-order valence-corrected chi connectivity index (χ1v) is 7.47. The molecule has 4 N–H and O–H groups in total. The van der Waals surface area contributed by atoms with E-state index < -0.39 is 5.82 Å². The van der Waals surface area contributed by atoms with E-state index in [1.54, 1.807) is 24.3 Å². The van der Waals surface area contributed by atoms with E-state index in [4.69, 9.17) is 23.1 Å². The maximum Gasteiger partial charge on any atom is 0.191 e. The highest BCUT2D eigenvalue weighted by Crippen LogP contribution is 2.34. The second-order valence-electron chi connectivity index (χ2n) is 5.18. The molecular weight excluding hydrogens is 327 g/mol. The van der Waals surface area contributed by atoms with Crippen LogP contribution in [0.5, 0.6) is 0 Å². The lowest BCUT2D eigenvalue weighted by Crippen LogP contribution is -2.22. The first-order chi connectivity index (χ1) is 11.5. The summed E-state index contributed by atoms with van der Waals surface area (Å²) in [6.07, 6.45) is 1.19. The van der Waals surface area contributed by atoms with Crippen LogP contribution in [-0.2, 0) is 0 Å². The molecule has 0 unspecified atom stereocenters. The zero-order chi connectivity index (χ0) is 17.3. The summed E-state index contributed by atoms with van der Waals surface area (Å²) in [5.74, 6) is -0.511. The van der Waals surface area contributed by atoms with Crippen molar-refractivity contribution in [3.8, 4) is 11.3 Å². The normalized spacial score (nSPS) is 10.6. The Morgan fingerprint density at radius 3 is 2.58 bits per heavy atom. The number of halogens is 2. The van der Waals surface area contributed by atoms with Gasteiger partial charge < -0.3 is 11.5 Å². The van der Waals surface area contributed by atoms with Crippen molar-refractivity contribution in [2.24, 2.45) is 16.5 Å². The van der Waals surface area contributed by atoms with Crippen LogP contribution in [0.3, 0.4) is 0 Å². The Kier molecular flexibility index (Phi) is 4.18. The van der Waals surface area contributed by atoms with Gasteiger partial charge in [0.15, 0.2) is 5.96 Å². The van der Waals surface area contributed by atoms with Crippen LogP contribution in [0.25, 0.3) is 27.7 Å². The van der Waals surface area contributed by atoms with E-state index in [2.05, 4.69) is 16.6 Å². The number of guanidine groups is 1. The molecule has 1 aromatic heterocycles. The summed E-state index contributed by atoms with van der Waals surface area (Å²) < 4.78 is 14.1. The number of fused-ring (bicyclic) bond motifs is 1. The van der Waals surface area contributed by atoms with E-state index >= 15 is 0 Å². The van der Waals surface area contributed by atoms with Gasteiger partial charge in [-0.15, -0.1) is 0 Å². The zero-order valence-electron chi connectivity index (χ0n) is 12.6. The molecule has 0 bridgehead atoms. The zero-order valence-corrected chi connectivity index (χ0v) is 13.4. The smallest absolute Gasteiger partial charge is 0.191 e. The second-order valence-corrected chi connectivity index (χ2v) is 5.59. The lowest BCUT2D eigenvalue weighted by Gasteiger charge is -2.10. The van der Waals surface area contributed by atoms with Crippen LogP contribution >= 0.6 is 11.6 Å². The Hall–Kier alpha value is -2.92. The number of rotatable bonds is 3. The van der Waals surface area contributed by atoms with E-state index in [1.807, 2.05) is 18.2 Å². The molecule has 0 amide bonds. The number of aliphatic imine (C=N–C) groups is 1. The summed E-state index contributed by atoms with van der Waals surface area (Å²) >= 11 is 6.26. The predicted octanol–water partition coefficient (Wildman–Crippen LogP) is 3.94. The Morgan fingerprint density at radius 2 is 1.88 bits per heavy atom. The van der Waals surface area contributed by atoms with Crippen molar-refractivity contribution in [3.05, 3.63) is 71.6 Å². The fourth-order valence-electron chi connectivity index (χ4n) is 2.48. The number of hydrogen-bond donors (Lipinski definition) is 2. The van der Waals surface area contributed by atoms with Gasteiger partial charge in [-0.05, 0) is 12.1 Å². The predicted molar refractivity (Wildman–Crippen MR) is 97.0 cm³/mol. The standard InChI is InChI=1S/C18H14ClFN4/c1-10(24-18(21)22)11-6-7-12-14(8-11)17(23-9-16(12)20)13-4-2-3-5-15(13)19/h2-9H,1H2,(H4,21,22,24). The van der Waals surface area contributed by atoms with E-state index in [1.165, 1.54) is 6.20 Å². The number of hydrogen-bond acceptors (Lipinski definition) is 2. The minimum absolute atomic E-state index is 0.0937. The average Bonchev–Trinajstić information content (AvgIpc) is 2.55. The van der Waals surface area contributed by atoms with Crippen molar-refractivity contribution in [3.63, 3.8) is 0 Å². The summed E-state index contributed by atoms with van der Waals surface area (Å²) in [6, 6.07) is 12.4. The van der Waals surface area contributed by atoms with Gasteiger partial charge in [0.25, 0.3) is 0 Å². The van der Waals surface area contributed by atoms with E-state index in [-0.39, 0.29) is 5.96 Å². The quantitative estimate of drug-likeness (QED) is 0.560. The minimum atomic E-state index is -0.417. The molecule has 0 saturated carbocycles. The Morgan fingerprint density at radius 1 is 1.12 bits per heavy atom. The largest absolute Gasteiger partial charge is 0.370 e. The maximum absolute atomic E-state index is 14.1. The van der Waals surface area contributed by atoms with Crippen LogP contribution in [-0.4, -0.2) is 10.9 Å². The van der Waals surface area contributed by atoms with Gasteiger partial charge in [-0.2, -0.15) is 0 Å². The monoisotopic (exact) mass is 340 g/mol. The van der Waals surface area contributed by atoms with Crippen molar-refractivity contribution >= 4 is 34.0 Å². The summed E-state index contributed by atoms with van der Waals surface area (Å²) in [6.45, 7) is 3.83. The summed E-state index contributed by atoms with van der Waals surface area (Å²) in [4.78, 5) is 8.16. The molecule has 1 heterocycles. The SMILES string of the molecule is C=C(N=C(N)N)c1ccc2c(F)cnc(-c3ccccc3Cl)c2c1. The van der Waals surface area contributed by atoms with Crippen molar-refractivity contribution in [1.29, 1.82) is 0 Å². The van der Waals surface area contributed by atoms with E-state index in [0.29, 0.717) is 38.3 Å². The second kappa shape index (κ2) is 6.29. The number of aromatic nitrogens is 1. The fraction of sp³-hybridized carbons (Fsp3) is 0. The number of benzene rings is 2. The summed E-state index contributed by atoms with van der Waals surface area (Å²) in [7, 11) is 0. The Bertz CT molecular complexity index is 978. The van der Waals surface area contributed by atoms with Crippen molar-refractivity contribution in [2.45, 2.75) is 0 Å². The van der Waals surface area contributed by atoms with Gasteiger partial charge in [0.2, 0.25) is 0 Å². The highest BCUT2D eigenvalue weighted by atomic mass is 35.5. The molecule has 0 radical (unpaired) electrons. The average molecular weight is 341 g/mol. The summed E-state index contributed by atoms with van der Waals surface area (Å²) in [5.41, 5.74) is 13.1. The topological polar surface area (TPSA) is 77.3 Å². The molecule has 0 atom stereocenters. The molecule has 3 rings (SSSR count). The third-order valence-corrected chi connectivity index (χ3v) is 3.89. The van der Waals surface area contributed by atoms with Crippen LogP contribution in [0.1, 0.15) is 5.56 Å². The highest BCUT2D eigenvalue weighted by molar-refractivity contribution is 6.33. The van der Waals surface area contributed by atoms with Crippen LogP contribution in [0.4, 0.5) is 4.39 Å². The van der Waals surface area contributed by atoms with Crippen LogP contribution in [0.2, 0.25) is 5.02 Å². The Balaban J connectivity index is 2.27. The third-order valence-electron chi connectivity index (χ3n) is 3.57. The number of pyridine rings is 1. The van der Waals surface area contributed by atoms with Gasteiger partial charge in [0.05, 0.1) is 17.6 Å². The lowest BCUT2D eigenvalue weighted by molar-refractivity contribution is 0.634. The molecule has 24 heavy (non-hydrogen) atoms.